The lowest BCUT2D eigenvalue weighted by Gasteiger charge is -2.26. The van der Waals surface area contributed by atoms with Gasteiger partial charge in [0.25, 0.3) is 0 Å². The van der Waals surface area contributed by atoms with Gasteiger partial charge in [0.2, 0.25) is 5.91 Å². The molecule has 5 heteroatoms. The fourth-order valence-electron chi connectivity index (χ4n) is 2.14. The highest BCUT2D eigenvalue weighted by Crippen LogP contribution is 2.16. The van der Waals surface area contributed by atoms with Crippen LogP contribution in [0.25, 0.3) is 0 Å². The Morgan fingerprint density at radius 2 is 2.33 bits per heavy atom. The molecule has 0 aliphatic carbocycles. The maximum atomic E-state index is 12.1. The maximum Gasteiger partial charge on any atom is 0.229 e. The third-order valence-corrected chi connectivity index (χ3v) is 3.42. The van der Waals surface area contributed by atoms with Gasteiger partial charge in [-0.3, -0.25) is 9.48 Å². The number of nitrogens with one attached hydrogen (secondary N) is 2. The zero-order chi connectivity index (χ0) is 13.1. The number of anilines is 1. The van der Waals surface area contributed by atoms with Gasteiger partial charge in [-0.1, -0.05) is 0 Å². The standard InChI is InChI=1S/C13H22N4O/c1-9(2)17-7-6-12(16-17)15-13(18)11-5-4-10(3)14-8-11/h6-7,9-11,14H,4-5,8H2,1-3H3,(H,15,16,18). The van der Waals surface area contributed by atoms with E-state index in [0.717, 1.165) is 19.4 Å². The molecule has 1 fully saturated rings. The lowest BCUT2D eigenvalue weighted by Crippen LogP contribution is -2.41. The summed E-state index contributed by atoms with van der Waals surface area (Å²) >= 11 is 0. The lowest BCUT2D eigenvalue weighted by atomic mass is 9.95. The second kappa shape index (κ2) is 5.52. The molecule has 2 rings (SSSR count). The van der Waals surface area contributed by atoms with Gasteiger partial charge in [-0.2, -0.15) is 5.10 Å². The Balaban J connectivity index is 1.90. The SMILES string of the molecule is CC1CCC(C(=O)Nc2ccn(C(C)C)n2)CN1. The van der Waals surface area contributed by atoms with Crippen LogP contribution in [0.4, 0.5) is 5.82 Å². The molecule has 2 heterocycles. The summed E-state index contributed by atoms with van der Waals surface area (Å²) in [4.78, 5) is 12.1. The predicted molar refractivity (Wildman–Crippen MR) is 71.4 cm³/mol. The number of nitrogens with zero attached hydrogens (tertiary/aromatic N) is 2. The van der Waals surface area contributed by atoms with Crippen LogP contribution in [-0.2, 0) is 4.79 Å². The molecule has 1 amide bonds. The van der Waals surface area contributed by atoms with Gasteiger partial charge in [-0.05, 0) is 33.6 Å². The number of aromatic nitrogens is 2. The number of carbonyl (C=O) groups is 1. The van der Waals surface area contributed by atoms with Crippen molar-refractivity contribution in [2.45, 2.75) is 45.7 Å². The minimum atomic E-state index is 0.0606. The van der Waals surface area contributed by atoms with Crippen molar-refractivity contribution >= 4 is 11.7 Å². The van der Waals surface area contributed by atoms with Crippen molar-refractivity contribution in [1.82, 2.24) is 15.1 Å². The Kier molecular flexibility index (Phi) is 4.01. The van der Waals surface area contributed by atoms with Crippen molar-refractivity contribution in [3.8, 4) is 0 Å². The number of carbonyl (C=O) groups excluding carboxylic acids is 1. The lowest BCUT2D eigenvalue weighted by molar-refractivity contribution is -0.120. The van der Waals surface area contributed by atoms with E-state index in [1.54, 1.807) is 0 Å². The maximum absolute atomic E-state index is 12.1. The Hall–Kier alpha value is -1.36. The highest BCUT2D eigenvalue weighted by Gasteiger charge is 2.24. The van der Waals surface area contributed by atoms with Gasteiger partial charge >= 0.3 is 0 Å². The van der Waals surface area contributed by atoms with Gasteiger partial charge in [0.15, 0.2) is 5.82 Å². The summed E-state index contributed by atoms with van der Waals surface area (Å²) in [7, 11) is 0. The number of rotatable bonds is 3. The first-order valence-electron chi connectivity index (χ1n) is 6.65. The Morgan fingerprint density at radius 1 is 1.56 bits per heavy atom. The predicted octanol–water partition coefficient (Wildman–Crippen LogP) is 1.79. The van der Waals surface area contributed by atoms with Crippen LogP contribution in [0.3, 0.4) is 0 Å². The van der Waals surface area contributed by atoms with Crippen molar-refractivity contribution in [2.24, 2.45) is 5.92 Å². The van der Waals surface area contributed by atoms with Crippen LogP contribution in [0.5, 0.6) is 0 Å². The summed E-state index contributed by atoms with van der Waals surface area (Å²) in [6.07, 6.45) is 3.89. The molecule has 5 nitrogen and oxygen atoms in total. The molecular weight excluding hydrogens is 228 g/mol. The van der Waals surface area contributed by atoms with Gasteiger partial charge in [0.05, 0.1) is 5.92 Å². The minimum absolute atomic E-state index is 0.0606. The summed E-state index contributed by atoms with van der Waals surface area (Å²) in [6.45, 7) is 7.03. The quantitative estimate of drug-likeness (QED) is 0.860. The van der Waals surface area contributed by atoms with Crippen LogP contribution in [-0.4, -0.2) is 28.3 Å². The van der Waals surface area contributed by atoms with E-state index in [9.17, 15) is 4.79 Å². The zero-order valence-corrected chi connectivity index (χ0v) is 11.3. The van der Waals surface area contributed by atoms with Crippen LogP contribution < -0.4 is 10.6 Å². The van der Waals surface area contributed by atoms with Crippen LogP contribution in [0.15, 0.2) is 12.3 Å². The molecule has 1 aliphatic heterocycles. The second-order valence-corrected chi connectivity index (χ2v) is 5.35. The van der Waals surface area contributed by atoms with E-state index in [4.69, 9.17) is 0 Å². The number of piperidine rings is 1. The van der Waals surface area contributed by atoms with Crippen molar-refractivity contribution in [3.63, 3.8) is 0 Å². The molecule has 1 aliphatic rings. The van der Waals surface area contributed by atoms with E-state index in [1.165, 1.54) is 0 Å². The zero-order valence-electron chi connectivity index (χ0n) is 11.3. The average Bonchev–Trinajstić information content (AvgIpc) is 2.78. The first-order chi connectivity index (χ1) is 8.56. The second-order valence-electron chi connectivity index (χ2n) is 5.35. The molecule has 2 atom stereocenters. The van der Waals surface area contributed by atoms with Gasteiger partial charge in [0.1, 0.15) is 0 Å². The molecule has 0 saturated carbocycles. The summed E-state index contributed by atoms with van der Waals surface area (Å²) in [6, 6.07) is 2.68. The molecule has 0 spiro atoms. The largest absolute Gasteiger partial charge is 0.313 e. The molecule has 100 valence electrons. The number of amides is 1. The summed E-state index contributed by atoms with van der Waals surface area (Å²) in [5.74, 6) is 0.779. The average molecular weight is 250 g/mol. The van der Waals surface area contributed by atoms with Gasteiger partial charge in [-0.25, -0.2) is 0 Å². The molecule has 18 heavy (non-hydrogen) atoms. The third kappa shape index (κ3) is 3.10. The molecule has 0 aromatic carbocycles. The monoisotopic (exact) mass is 250 g/mol. The van der Waals surface area contributed by atoms with Gasteiger partial charge in [-0.15, -0.1) is 0 Å². The Labute approximate surface area is 108 Å². The molecule has 2 unspecified atom stereocenters. The molecular formula is C13H22N4O. The van der Waals surface area contributed by atoms with Crippen LogP contribution in [0.2, 0.25) is 0 Å². The summed E-state index contributed by atoms with van der Waals surface area (Å²) in [5, 5.41) is 10.6. The van der Waals surface area contributed by atoms with E-state index in [-0.39, 0.29) is 11.8 Å². The van der Waals surface area contributed by atoms with Crippen LogP contribution in [0.1, 0.15) is 39.7 Å². The number of hydrogen-bond donors (Lipinski definition) is 2. The highest BCUT2D eigenvalue weighted by molar-refractivity contribution is 5.91. The molecule has 1 saturated heterocycles. The van der Waals surface area contributed by atoms with Crippen molar-refractivity contribution in [1.29, 1.82) is 0 Å². The molecule has 2 N–H and O–H groups in total. The fourth-order valence-corrected chi connectivity index (χ4v) is 2.14. The third-order valence-electron chi connectivity index (χ3n) is 3.42. The molecule has 1 aromatic rings. The van der Waals surface area contributed by atoms with Gasteiger partial charge in [0, 0.05) is 30.9 Å². The first-order valence-corrected chi connectivity index (χ1v) is 6.65. The van der Waals surface area contributed by atoms with E-state index < -0.39 is 0 Å². The fraction of sp³-hybridized carbons (Fsp3) is 0.692. The van der Waals surface area contributed by atoms with Crippen molar-refractivity contribution in [3.05, 3.63) is 12.3 Å². The minimum Gasteiger partial charge on any atom is -0.313 e. The first kappa shape index (κ1) is 13.1. The molecule has 0 radical (unpaired) electrons. The Bertz CT molecular complexity index is 405. The van der Waals surface area contributed by atoms with E-state index in [1.807, 2.05) is 16.9 Å². The van der Waals surface area contributed by atoms with E-state index >= 15 is 0 Å². The number of hydrogen-bond acceptors (Lipinski definition) is 3. The smallest absolute Gasteiger partial charge is 0.229 e. The summed E-state index contributed by atoms with van der Waals surface area (Å²) < 4.78 is 1.84. The molecule has 1 aromatic heterocycles. The van der Waals surface area contributed by atoms with Crippen LogP contribution >= 0.6 is 0 Å². The van der Waals surface area contributed by atoms with Crippen molar-refractivity contribution in [2.75, 3.05) is 11.9 Å². The topological polar surface area (TPSA) is 59.0 Å². The van der Waals surface area contributed by atoms with E-state index in [0.29, 0.717) is 17.9 Å². The van der Waals surface area contributed by atoms with Gasteiger partial charge < -0.3 is 10.6 Å². The highest BCUT2D eigenvalue weighted by atomic mass is 16.2. The van der Waals surface area contributed by atoms with E-state index in [2.05, 4.69) is 36.5 Å². The normalized spacial score (nSPS) is 24.2. The van der Waals surface area contributed by atoms with Crippen LogP contribution in [0, 0.1) is 5.92 Å². The Morgan fingerprint density at radius 3 is 2.89 bits per heavy atom. The molecule has 0 bridgehead atoms. The van der Waals surface area contributed by atoms with Crippen molar-refractivity contribution < 1.29 is 4.79 Å². The summed E-state index contributed by atoms with van der Waals surface area (Å²) in [5.41, 5.74) is 0.